The van der Waals surface area contributed by atoms with E-state index in [1.165, 1.54) is 7.11 Å². The zero-order chi connectivity index (χ0) is 17.3. The van der Waals surface area contributed by atoms with Crippen LogP contribution in [-0.4, -0.2) is 48.0 Å². The van der Waals surface area contributed by atoms with Crippen molar-refractivity contribution in [3.05, 3.63) is 47.7 Å². The van der Waals surface area contributed by atoms with Gasteiger partial charge in [0.25, 0.3) is 0 Å². The number of piperidine rings is 1. The van der Waals surface area contributed by atoms with E-state index in [9.17, 15) is 9.59 Å². The summed E-state index contributed by atoms with van der Waals surface area (Å²) in [6, 6.07) is 9.29. The van der Waals surface area contributed by atoms with Crippen LogP contribution in [0.3, 0.4) is 0 Å². The highest BCUT2D eigenvalue weighted by Crippen LogP contribution is 2.45. The molecular formula is C19H23NO4. The fourth-order valence-corrected chi connectivity index (χ4v) is 4.00. The van der Waals surface area contributed by atoms with E-state index < -0.39 is 6.04 Å². The van der Waals surface area contributed by atoms with Gasteiger partial charge in [-0.15, -0.1) is 0 Å². The third kappa shape index (κ3) is 2.63. The Kier molecular flexibility index (Phi) is 4.71. The normalized spacial score (nSPS) is 29.5. The fraction of sp³-hybridized carbons (Fsp3) is 0.474. The number of fused-ring (bicyclic) bond motifs is 3. The molecule has 1 amide bonds. The summed E-state index contributed by atoms with van der Waals surface area (Å²) in [5, 5.41) is 9.16. The molecule has 2 bridgehead atoms. The SMILES string of the molecule is COC1=C[C@@H]2C(=O)N(CCCO)[C@H](C1=O)[C@H](c1ccccc1)[C@H]2C. The quantitative estimate of drug-likeness (QED) is 0.893. The molecule has 1 N–H and O–H groups in total. The van der Waals surface area contributed by atoms with Crippen LogP contribution in [0.2, 0.25) is 0 Å². The van der Waals surface area contributed by atoms with Crippen molar-refractivity contribution < 1.29 is 19.4 Å². The van der Waals surface area contributed by atoms with Gasteiger partial charge in [0.2, 0.25) is 11.7 Å². The van der Waals surface area contributed by atoms with Crippen LogP contribution in [0.15, 0.2) is 42.2 Å². The van der Waals surface area contributed by atoms with Gasteiger partial charge in [-0.2, -0.15) is 0 Å². The van der Waals surface area contributed by atoms with E-state index in [4.69, 9.17) is 9.84 Å². The number of ether oxygens (including phenoxy) is 1. The Hall–Kier alpha value is -2.14. The maximum Gasteiger partial charge on any atom is 0.230 e. The second kappa shape index (κ2) is 6.77. The number of amides is 1. The maximum absolute atomic E-state index is 13.0. The number of hydrogen-bond donors (Lipinski definition) is 1. The predicted octanol–water partition coefficient (Wildman–Crippen LogP) is 1.73. The van der Waals surface area contributed by atoms with E-state index in [0.717, 1.165) is 5.56 Å². The summed E-state index contributed by atoms with van der Waals surface area (Å²) in [5.74, 6) is -0.379. The Morgan fingerprint density at radius 1 is 1.21 bits per heavy atom. The number of carbonyl (C=O) groups is 2. The molecule has 2 heterocycles. The van der Waals surface area contributed by atoms with E-state index in [-0.39, 0.29) is 41.8 Å². The first kappa shape index (κ1) is 16.7. The molecule has 2 aliphatic heterocycles. The van der Waals surface area contributed by atoms with Crippen molar-refractivity contribution in [2.24, 2.45) is 11.8 Å². The van der Waals surface area contributed by atoms with Gasteiger partial charge in [-0.3, -0.25) is 9.59 Å². The minimum absolute atomic E-state index is 0.00637. The first-order valence-corrected chi connectivity index (χ1v) is 8.36. The highest BCUT2D eigenvalue weighted by atomic mass is 16.5. The van der Waals surface area contributed by atoms with E-state index in [1.54, 1.807) is 11.0 Å². The van der Waals surface area contributed by atoms with Crippen molar-refractivity contribution in [1.82, 2.24) is 4.90 Å². The lowest BCUT2D eigenvalue weighted by Crippen LogP contribution is -2.56. The number of benzene rings is 1. The van der Waals surface area contributed by atoms with Crippen LogP contribution in [0.5, 0.6) is 0 Å². The van der Waals surface area contributed by atoms with E-state index in [0.29, 0.717) is 13.0 Å². The third-order valence-electron chi connectivity index (χ3n) is 5.18. The van der Waals surface area contributed by atoms with Crippen LogP contribution in [0.25, 0.3) is 0 Å². The average Bonchev–Trinajstić information content (AvgIpc) is 2.77. The van der Waals surface area contributed by atoms with Crippen molar-refractivity contribution >= 4 is 11.7 Å². The molecule has 1 saturated heterocycles. The van der Waals surface area contributed by atoms with Gasteiger partial charge in [-0.05, 0) is 24.0 Å². The van der Waals surface area contributed by atoms with E-state index in [2.05, 4.69) is 0 Å². The van der Waals surface area contributed by atoms with Gasteiger partial charge >= 0.3 is 0 Å². The number of nitrogens with zero attached hydrogens (tertiary/aromatic N) is 1. The second-order valence-corrected chi connectivity index (χ2v) is 6.47. The Bertz CT molecular complexity index is 655. The molecular weight excluding hydrogens is 306 g/mol. The third-order valence-corrected chi connectivity index (χ3v) is 5.18. The highest BCUT2D eigenvalue weighted by Gasteiger charge is 2.52. The van der Waals surface area contributed by atoms with Crippen LogP contribution in [0.1, 0.15) is 24.8 Å². The summed E-state index contributed by atoms with van der Waals surface area (Å²) in [7, 11) is 1.47. The zero-order valence-electron chi connectivity index (χ0n) is 14.0. The molecule has 1 aliphatic carbocycles. The van der Waals surface area contributed by atoms with Crippen molar-refractivity contribution in [3.63, 3.8) is 0 Å². The maximum atomic E-state index is 13.0. The Labute approximate surface area is 141 Å². The molecule has 4 atom stereocenters. The Balaban J connectivity index is 2.09. The van der Waals surface area contributed by atoms with Crippen LogP contribution in [-0.2, 0) is 14.3 Å². The van der Waals surface area contributed by atoms with Crippen molar-refractivity contribution in [3.8, 4) is 0 Å². The van der Waals surface area contributed by atoms with Gasteiger partial charge in [0.05, 0.1) is 13.0 Å². The first-order valence-electron chi connectivity index (χ1n) is 8.36. The van der Waals surface area contributed by atoms with Gasteiger partial charge < -0.3 is 14.7 Å². The minimum atomic E-state index is -0.577. The van der Waals surface area contributed by atoms with Gasteiger partial charge in [-0.25, -0.2) is 0 Å². The van der Waals surface area contributed by atoms with Crippen LogP contribution in [0.4, 0.5) is 0 Å². The molecule has 1 fully saturated rings. The standard InChI is InChI=1S/C19H23NO4/c1-12-14-11-15(24-2)18(22)17(20(19(14)23)9-6-10-21)16(12)13-7-4-3-5-8-13/h3-5,7-8,11-12,14,16-17,21H,6,9-10H2,1-2H3/t12-,14-,16-,17-/m0/s1. The Morgan fingerprint density at radius 3 is 2.54 bits per heavy atom. The number of hydrogen-bond acceptors (Lipinski definition) is 4. The minimum Gasteiger partial charge on any atom is -0.493 e. The van der Waals surface area contributed by atoms with Crippen molar-refractivity contribution in [1.29, 1.82) is 0 Å². The topological polar surface area (TPSA) is 66.8 Å². The first-order chi connectivity index (χ1) is 11.6. The van der Waals surface area contributed by atoms with Gasteiger partial charge in [-0.1, -0.05) is 37.3 Å². The number of aliphatic hydroxyl groups is 1. The number of rotatable bonds is 5. The van der Waals surface area contributed by atoms with Crippen molar-refractivity contribution in [2.45, 2.75) is 25.3 Å². The number of carbonyl (C=O) groups excluding carboxylic acids is 2. The highest BCUT2D eigenvalue weighted by molar-refractivity contribution is 6.04. The van der Waals surface area contributed by atoms with Crippen LogP contribution < -0.4 is 0 Å². The monoisotopic (exact) mass is 329 g/mol. The lowest BCUT2D eigenvalue weighted by Gasteiger charge is -2.45. The molecule has 0 spiro atoms. The summed E-state index contributed by atoms with van der Waals surface area (Å²) in [5.41, 5.74) is 1.06. The average molecular weight is 329 g/mol. The molecule has 0 aromatic heterocycles. The number of aliphatic hydroxyl groups excluding tert-OH is 1. The molecule has 0 saturated carbocycles. The molecule has 128 valence electrons. The molecule has 1 aromatic carbocycles. The second-order valence-electron chi connectivity index (χ2n) is 6.47. The van der Waals surface area contributed by atoms with Gasteiger partial charge in [0.15, 0.2) is 5.76 Å². The summed E-state index contributed by atoms with van der Waals surface area (Å²) in [6.07, 6.45) is 2.14. The number of ketones is 1. The molecule has 5 nitrogen and oxygen atoms in total. The zero-order valence-corrected chi connectivity index (χ0v) is 14.0. The van der Waals surface area contributed by atoms with Gasteiger partial charge in [0.1, 0.15) is 6.04 Å². The summed E-state index contributed by atoms with van der Waals surface area (Å²) >= 11 is 0. The predicted molar refractivity (Wildman–Crippen MR) is 89.1 cm³/mol. The molecule has 1 aromatic rings. The summed E-state index contributed by atoms with van der Waals surface area (Å²) < 4.78 is 5.28. The van der Waals surface area contributed by atoms with Crippen LogP contribution in [0, 0.1) is 11.8 Å². The van der Waals surface area contributed by atoms with Crippen molar-refractivity contribution in [2.75, 3.05) is 20.3 Å². The summed E-state index contributed by atoms with van der Waals surface area (Å²) in [4.78, 5) is 27.6. The molecule has 0 radical (unpaired) electrons. The number of methoxy groups -OCH3 is 1. The molecule has 24 heavy (non-hydrogen) atoms. The number of Topliss-reactive ketones (excluding diaryl/α,β-unsaturated/α-hetero) is 1. The fourth-order valence-electron chi connectivity index (χ4n) is 4.00. The molecule has 3 aliphatic rings. The van der Waals surface area contributed by atoms with E-state index in [1.807, 2.05) is 37.3 Å². The lowest BCUT2D eigenvalue weighted by atomic mass is 9.71. The Morgan fingerprint density at radius 2 is 1.92 bits per heavy atom. The molecule has 4 rings (SSSR count). The smallest absolute Gasteiger partial charge is 0.230 e. The van der Waals surface area contributed by atoms with E-state index >= 15 is 0 Å². The largest absolute Gasteiger partial charge is 0.493 e. The molecule has 5 heteroatoms. The molecule has 0 unspecified atom stereocenters. The van der Waals surface area contributed by atoms with Crippen LogP contribution >= 0.6 is 0 Å². The summed E-state index contributed by atoms with van der Waals surface area (Å²) in [6.45, 7) is 2.40. The van der Waals surface area contributed by atoms with Gasteiger partial charge in [0, 0.05) is 19.1 Å². The lowest BCUT2D eigenvalue weighted by molar-refractivity contribution is -0.148.